The van der Waals surface area contributed by atoms with Gasteiger partial charge in [0.25, 0.3) is 5.91 Å². The molecule has 10 heteroatoms. The molecule has 1 aromatic carbocycles. The number of halogens is 3. The Balaban J connectivity index is 1.43. The molecule has 3 heterocycles. The molecule has 4 rings (SSSR count). The zero-order chi connectivity index (χ0) is 22.0. The molecule has 0 aliphatic rings. The fraction of sp³-hybridized carbons (Fsp3) is 0.143. The number of hydrogen-bond acceptors (Lipinski definition) is 5. The third-order valence-electron chi connectivity index (χ3n) is 4.55. The van der Waals surface area contributed by atoms with Crippen LogP contribution in [0.2, 0.25) is 0 Å². The van der Waals surface area contributed by atoms with Crippen LogP contribution in [0.1, 0.15) is 32.1 Å². The fourth-order valence-electron chi connectivity index (χ4n) is 2.97. The van der Waals surface area contributed by atoms with Gasteiger partial charge in [-0.3, -0.25) is 10.1 Å². The molecule has 0 saturated carbocycles. The van der Waals surface area contributed by atoms with E-state index in [1.165, 1.54) is 29.7 Å². The standard InChI is InChI=1S/C21H16F3N5OS/c1-13-17(12-27-29(13)18-4-2-3-9-25-18)19(30)28-20-26-11-16(31-20)10-14-5-7-15(8-6-14)21(22,23)24/h2-9,11-12H,10H2,1H3,(H,26,28,30). The van der Waals surface area contributed by atoms with Crippen LogP contribution in [0.4, 0.5) is 18.3 Å². The van der Waals surface area contributed by atoms with Crippen molar-refractivity contribution in [2.75, 3.05) is 5.32 Å². The van der Waals surface area contributed by atoms with E-state index in [0.29, 0.717) is 28.6 Å². The second-order valence-electron chi connectivity index (χ2n) is 6.70. The molecule has 1 amide bonds. The van der Waals surface area contributed by atoms with E-state index < -0.39 is 11.7 Å². The first-order chi connectivity index (χ1) is 14.8. The summed E-state index contributed by atoms with van der Waals surface area (Å²) >= 11 is 1.26. The Kier molecular flexibility index (Phi) is 5.55. The van der Waals surface area contributed by atoms with Gasteiger partial charge in [-0.15, -0.1) is 11.3 Å². The van der Waals surface area contributed by atoms with Gasteiger partial charge in [-0.05, 0) is 36.8 Å². The molecule has 0 radical (unpaired) electrons. The molecule has 6 nitrogen and oxygen atoms in total. The molecule has 158 valence electrons. The quantitative estimate of drug-likeness (QED) is 0.477. The summed E-state index contributed by atoms with van der Waals surface area (Å²) in [5.74, 6) is 0.252. The van der Waals surface area contributed by atoms with Gasteiger partial charge >= 0.3 is 6.18 Å². The maximum absolute atomic E-state index is 12.7. The van der Waals surface area contributed by atoms with Crippen molar-refractivity contribution in [1.82, 2.24) is 19.7 Å². The zero-order valence-electron chi connectivity index (χ0n) is 16.2. The monoisotopic (exact) mass is 443 g/mol. The lowest BCUT2D eigenvalue weighted by Crippen LogP contribution is -2.13. The first kappa shape index (κ1) is 20.7. The minimum Gasteiger partial charge on any atom is -0.298 e. The van der Waals surface area contributed by atoms with Crippen molar-refractivity contribution < 1.29 is 18.0 Å². The van der Waals surface area contributed by atoms with E-state index in [4.69, 9.17) is 0 Å². The number of anilines is 1. The predicted molar refractivity (Wildman–Crippen MR) is 110 cm³/mol. The number of benzene rings is 1. The number of rotatable bonds is 5. The Hall–Kier alpha value is -3.53. The summed E-state index contributed by atoms with van der Waals surface area (Å²) in [4.78, 5) is 21.9. The molecule has 0 spiro atoms. The molecule has 0 fully saturated rings. The van der Waals surface area contributed by atoms with Crippen LogP contribution in [-0.4, -0.2) is 25.7 Å². The summed E-state index contributed by atoms with van der Waals surface area (Å²) in [7, 11) is 0. The summed E-state index contributed by atoms with van der Waals surface area (Å²) in [6.45, 7) is 1.77. The van der Waals surface area contributed by atoms with Crippen LogP contribution in [-0.2, 0) is 12.6 Å². The lowest BCUT2D eigenvalue weighted by atomic mass is 10.1. The summed E-state index contributed by atoms with van der Waals surface area (Å²) in [5, 5.41) is 7.38. The van der Waals surface area contributed by atoms with E-state index in [2.05, 4.69) is 20.4 Å². The third kappa shape index (κ3) is 4.64. The highest BCUT2D eigenvalue weighted by Crippen LogP contribution is 2.30. The van der Waals surface area contributed by atoms with Crippen molar-refractivity contribution in [3.05, 3.63) is 88.3 Å². The Morgan fingerprint density at radius 3 is 2.55 bits per heavy atom. The topological polar surface area (TPSA) is 72.7 Å². The first-order valence-electron chi connectivity index (χ1n) is 9.19. The van der Waals surface area contributed by atoms with Crippen molar-refractivity contribution >= 4 is 22.4 Å². The van der Waals surface area contributed by atoms with E-state index in [1.54, 1.807) is 36.1 Å². The largest absolute Gasteiger partial charge is 0.416 e. The van der Waals surface area contributed by atoms with Crippen molar-refractivity contribution in [2.45, 2.75) is 19.5 Å². The van der Waals surface area contributed by atoms with Crippen LogP contribution in [0, 0.1) is 6.92 Å². The summed E-state index contributed by atoms with van der Waals surface area (Å²) in [6, 6.07) is 10.4. The Bertz CT molecular complexity index is 1200. The number of nitrogens with one attached hydrogen (secondary N) is 1. The Morgan fingerprint density at radius 2 is 1.87 bits per heavy atom. The maximum atomic E-state index is 12.7. The third-order valence-corrected chi connectivity index (χ3v) is 5.47. The van der Waals surface area contributed by atoms with Crippen LogP contribution in [0.25, 0.3) is 5.82 Å². The van der Waals surface area contributed by atoms with Gasteiger partial charge in [-0.25, -0.2) is 14.6 Å². The predicted octanol–water partition coefficient (Wildman–Crippen LogP) is 4.89. The van der Waals surface area contributed by atoms with Crippen molar-refractivity contribution in [2.24, 2.45) is 0 Å². The fourth-order valence-corrected chi connectivity index (χ4v) is 3.81. The highest BCUT2D eigenvalue weighted by atomic mass is 32.1. The number of pyridine rings is 1. The molecule has 0 saturated heterocycles. The summed E-state index contributed by atoms with van der Waals surface area (Å²) in [5.41, 5.74) is 1.07. The molecule has 31 heavy (non-hydrogen) atoms. The van der Waals surface area contributed by atoms with E-state index >= 15 is 0 Å². The lowest BCUT2D eigenvalue weighted by molar-refractivity contribution is -0.137. The number of hydrogen-bond donors (Lipinski definition) is 1. The molecule has 0 bridgehead atoms. The Morgan fingerprint density at radius 1 is 1.10 bits per heavy atom. The van der Waals surface area contributed by atoms with Crippen LogP contribution in [0.15, 0.2) is 61.1 Å². The molecule has 0 unspecified atom stereocenters. The normalized spacial score (nSPS) is 11.5. The lowest BCUT2D eigenvalue weighted by Gasteiger charge is -2.06. The smallest absolute Gasteiger partial charge is 0.298 e. The zero-order valence-corrected chi connectivity index (χ0v) is 17.0. The first-order valence-corrected chi connectivity index (χ1v) is 10.0. The molecule has 3 aromatic heterocycles. The summed E-state index contributed by atoms with van der Waals surface area (Å²) in [6.07, 6.45) is 0.771. The van der Waals surface area contributed by atoms with Gasteiger partial charge in [0.1, 0.15) is 0 Å². The minimum absolute atomic E-state index is 0.352. The SMILES string of the molecule is Cc1c(C(=O)Nc2ncc(Cc3ccc(C(F)(F)F)cc3)s2)cnn1-c1ccccn1. The molecular weight excluding hydrogens is 427 g/mol. The molecule has 1 N–H and O–H groups in total. The van der Waals surface area contributed by atoms with E-state index in [0.717, 1.165) is 22.6 Å². The second-order valence-corrected chi connectivity index (χ2v) is 7.82. The number of thiazole rings is 1. The maximum Gasteiger partial charge on any atom is 0.416 e. The highest BCUT2D eigenvalue weighted by Gasteiger charge is 2.29. The number of nitrogens with zero attached hydrogens (tertiary/aromatic N) is 4. The van der Waals surface area contributed by atoms with Gasteiger partial charge in [0, 0.05) is 23.7 Å². The van der Waals surface area contributed by atoms with Crippen molar-refractivity contribution in [3.8, 4) is 5.82 Å². The number of aromatic nitrogens is 4. The molecule has 4 aromatic rings. The number of carbonyl (C=O) groups excluding carboxylic acids is 1. The van der Waals surface area contributed by atoms with Crippen molar-refractivity contribution in [1.29, 1.82) is 0 Å². The minimum atomic E-state index is -4.36. The van der Waals surface area contributed by atoms with Crippen LogP contribution in [0.5, 0.6) is 0 Å². The van der Waals surface area contributed by atoms with Crippen molar-refractivity contribution in [3.63, 3.8) is 0 Å². The van der Waals surface area contributed by atoms with Gasteiger partial charge in [0.05, 0.1) is 23.0 Å². The van der Waals surface area contributed by atoms with Gasteiger partial charge in [0.15, 0.2) is 10.9 Å². The highest BCUT2D eigenvalue weighted by molar-refractivity contribution is 7.15. The van der Waals surface area contributed by atoms with Crippen LogP contribution < -0.4 is 5.32 Å². The van der Waals surface area contributed by atoms with E-state index in [-0.39, 0.29) is 5.91 Å². The van der Waals surface area contributed by atoms with Crippen LogP contribution in [0.3, 0.4) is 0 Å². The molecule has 0 aliphatic carbocycles. The molecule has 0 atom stereocenters. The molecule has 0 aliphatic heterocycles. The second kappa shape index (κ2) is 8.31. The number of alkyl halides is 3. The van der Waals surface area contributed by atoms with Gasteiger partial charge < -0.3 is 0 Å². The Labute approximate surface area is 179 Å². The summed E-state index contributed by atoms with van der Waals surface area (Å²) < 4.78 is 39.6. The number of amides is 1. The average molecular weight is 443 g/mol. The van der Waals surface area contributed by atoms with E-state index in [9.17, 15) is 18.0 Å². The molecular formula is C21H16F3N5OS. The van der Waals surface area contributed by atoms with E-state index in [1.807, 2.05) is 6.07 Å². The van der Waals surface area contributed by atoms with Gasteiger partial charge in [-0.1, -0.05) is 18.2 Å². The van der Waals surface area contributed by atoms with Crippen LogP contribution >= 0.6 is 11.3 Å². The number of carbonyl (C=O) groups is 1. The average Bonchev–Trinajstić information content (AvgIpc) is 3.34. The van der Waals surface area contributed by atoms with Gasteiger partial charge in [-0.2, -0.15) is 18.3 Å². The van der Waals surface area contributed by atoms with Gasteiger partial charge in [0.2, 0.25) is 0 Å².